The van der Waals surface area contributed by atoms with Gasteiger partial charge in [-0.3, -0.25) is 4.79 Å². The van der Waals surface area contributed by atoms with Crippen LogP contribution in [-0.4, -0.2) is 17.4 Å². The minimum Gasteiger partial charge on any atom is -0.369 e. The molecule has 2 aromatic rings. The fourth-order valence-electron chi connectivity index (χ4n) is 1.88. The Balaban J connectivity index is 2.09. The normalized spacial score (nSPS) is 12.0. The Kier molecular flexibility index (Phi) is 5.59. The molecule has 4 nitrogen and oxygen atoms in total. The summed E-state index contributed by atoms with van der Waals surface area (Å²) in [5.74, 6) is 0.479. The highest BCUT2D eigenvalue weighted by Crippen LogP contribution is 2.27. The number of hydrogen-bond donors (Lipinski definition) is 2. The Morgan fingerprint density at radius 2 is 2.24 bits per heavy atom. The molecule has 1 unspecified atom stereocenters. The van der Waals surface area contributed by atoms with Gasteiger partial charge in [-0.15, -0.1) is 11.3 Å². The molecule has 6 heteroatoms. The van der Waals surface area contributed by atoms with Crippen molar-refractivity contribution < 1.29 is 4.79 Å². The van der Waals surface area contributed by atoms with Crippen LogP contribution in [0.3, 0.4) is 0 Å². The van der Waals surface area contributed by atoms with Gasteiger partial charge in [0, 0.05) is 17.6 Å². The topological polar surface area (TPSA) is 54.0 Å². The zero-order chi connectivity index (χ0) is 15.2. The van der Waals surface area contributed by atoms with E-state index in [0.717, 1.165) is 22.2 Å². The fraction of sp³-hybridized carbons (Fsp3) is 0.333. The van der Waals surface area contributed by atoms with E-state index in [0.29, 0.717) is 11.4 Å². The van der Waals surface area contributed by atoms with Crippen molar-refractivity contribution in [2.24, 2.45) is 0 Å². The van der Waals surface area contributed by atoms with E-state index in [9.17, 15) is 4.79 Å². The molecule has 1 amide bonds. The Bertz CT molecular complexity index is 614. The van der Waals surface area contributed by atoms with Crippen LogP contribution >= 0.6 is 22.9 Å². The summed E-state index contributed by atoms with van der Waals surface area (Å²) in [6, 6.07) is 7.21. The molecule has 2 aromatic heterocycles. The number of anilines is 1. The van der Waals surface area contributed by atoms with Gasteiger partial charge in [-0.1, -0.05) is 18.5 Å². The van der Waals surface area contributed by atoms with Gasteiger partial charge in [-0.25, -0.2) is 4.98 Å². The van der Waals surface area contributed by atoms with Crippen LogP contribution in [-0.2, 0) is 0 Å². The van der Waals surface area contributed by atoms with E-state index in [2.05, 4.69) is 22.5 Å². The zero-order valence-corrected chi connectivity index (χ0v) is 13.6. The highest BCUT2D eigenvalue weighted by Gasteiger charge is 2.16. The van der Waals surface area contributed by atoms with E-state index in [4.69, 9.17) is 11.6 Å². The molecule has 21 heavy (non-hydrogen) atoms. The molecule has 0 bridgehead atoms. The Hall–Kier alpha value is -1.59. The van der Waals surface area contributed by atoms with Gasteiger partial charge >= 0.3 is 0 Å². The number of aromatic nitrogens is 1. The van der Waals surface area contributed by atoms with Gasteiger partial charge in [0.1, 0.15) is 5.82 Å². The lowest BCUT2D eigenvalue weighted by Crippen LogP contribution is -2.27. The number of pyridine rings is 1. The van der Waals surface area contributed by atoms with Crippen molar-refractivity contribution in [3.63, 3.8) is 0 Å². The highest BCUT2D eigenvalue weighted by molar-refractivity contribution is 7.16. The van der Waals surface area contributed by atoms with Crippen LogP contribution in [0, 0.1) is 0 Å². The number of nitrogens with one attached hydrogen (secondary N) is 2. The van der Waals surface area contributed by atoms with Crippen molar-refractivity contribution >= 4 is 34.7 Å². The number of thiophene rings is 1. The number of amides is 1. The van der Waals surface area contributed by atoms with Gasteiger partial charge in [0.05, 0.1) is 15.9 Å². The maximum atomic E-state index is 12.4. The number of carbonyl (C=O) groups excluding carboxylic acids is 1. The molecular formula is C15H18ClN3OS. The summed E-state index contributed by atoms with van der Waals surface area (Å²) >= 11 is 7.40. The average Bonchev–Trinajstić information content (AvgIpc) is 2.92. The molecule has 2 rings (SSSR count). The molecule has 2 N–H and O–H groups in total. The van der Waals surface area contributed by atoms with E-state index in [-0.39, 0.29) is 11.9 Å². The number of halogens is 1. The van der Waals surface area contributed by atoms with Crippen LogP contribution in [0.5, 0.6) is 0 Å². The summed E-state index contributed by atoms with van der Waals surface area (Å²) in [7, 11) is 0. The molecule has 0 aliphatic heterocycles. The van der Waals surface area contributed by atoms with Crippen molar-refractivity contribution in [1.29, 1.82) is 0 Å². The minimum atomic E-state index is -0.140. The SMILES string of the molecule is CCCNc1ncccc1C(=O)NC(C)c1ccc(Cl)s1. The zero-order valence-electron chi connectivity index (χ0n) is 12.0. The molecule has 0 aliphatic rings. The second kappa shape index (κ2) is 7.43. The number of nitrogens with zero attached hydrogens (tertiary/aromatic N) is 1. The molecular weight excluding hydrogens is 306 g/mol. The first-order valence-corrected chi connectivity index (χ1v) is 8.06. The smallest absolute Gasteiger partial charge is 0.255 e. The fourth-order valence-corrected chi connectivity index (χ4v) is 2.94. The van der Waals surface area contributed by atoms with Crippen LogP contribution < -0.4 is 10.6 Å². The Morgan fingerprint density at radius 3 is 2.90 bits per heavy atom. The van der Waals surface area contributed by atoms with E-state index < -0.39 is 0 Å². The van der Waals surface area contributed by atoms with Gasteiger partial charge in [-0.05, 0) is 37.6 Å². The molecule has 0 aliphatic carbocycles. The standard InChI is InChI=1S/C15H18ClN3OS/c1-3-8-17-14-11(5-4-9-18-14)15(20)19-10(2)12-6-7-13(16)21-12/h4-7,9-10H,3,8H2,1-2H3,(H,17,18)(H,19,20). The lowest BCUT2D eigenvalue weighted by Gasteiger charge is -2.14. The van der Waals surface area contributed by atoms with Gasteiger partial charge in [0.25, 0.3) is 5.91 Å². The summed E-state index contributed by atoms with van der Waals surface area (Å²) < 4.78 is 0.720. The summed E-state index contributed by atoms with van der Waals surface area (Å²) in [6.45, 7) is 4.79. The first-order valence-electron chi connectivity index (χ1n) is 6.86. The van der Waals surface area contributed by atoms with E-state index in [1.807, 2.05) is 19.1 Å². The molecule has 0 saturated heterocycles. The predicted octanol–water partition coefficient (Wildman–Crippen LogP) is 4.11. The van der Waals surface area contributed by atoms with Crippen molar-refractivity contribution in [3.8, 4) is 0 Å². The minimum absolute atomic E-state index is 0.0887. The lowest BCUT2D eigenvalue weighted by atomic mass is 10.2. The third-order valence-corrected chi connectivity index (χ3v) is 4.38. The molecule has 1 atom stereocenters. The number of rotatable bonds is 6. The summed E-state index contributed by atoms with van der Waals surface area (Å²) in [5.41, 5.74) is 0.556. The number of hydrogen-bond acceptors (Lipinski definition) is 4. The largest absolute Gasteiger partial charge is 0.369 e. The predicted molar refractivity (Wildman–Crippen MR) is 88.2 cm³/mol. The third kappa shape index (κ3) is 4.19. The van der Waals surface area contributed by atoms with E-state index in [1.54, 1.807) is 18.3 Å². The maximum Gasteiger partial charge on any atom is 0.255 e. The van der Waals surface area contributed by atoms with Crippen LogP contribution in [0.4, 0.5) is 5.82 Å². The van der Waals surface area contributed by atoms with Crippen molar-refractivity contribution in [3.05, 3.63) is 45.2 Å². The van der Waals surface area contributed by atoms with Crippen molar-refractivity contribution in [2.75, 3.05) is 11.9 Å². The second-order valence-corrected chi connectivity index (χ2v) is 6.41. The van der Waals surface area contributed by atoms with Crippen LogP contribution in [0.1, 0.15) is 41.5 Å². The van der Waals surface area contributed by atoms with Gasteiger partial charge < -0.3 is 10.6 Å². The molecule has 112 valence electrons. The van der Waals surface area contributed by atoms with Gasteiger partial charge in [-0.2, -0.15) is 0 Å². The van der Waals surface area contributed by atoms with Crippen molar-refractivity contribution in [1.82, 2.24) is 10.3 Å². The van der Waals surface area contributed by atoms with Crippen LogP contribution in [0.25, 0.3) is 0 Å². The number of carbonyl (C=O) groups is 1. The van der Waals surface area contributed by atoms with Gasteiger partial charge in [0.15, 0.2) is 0 Å². The molecule has 0 fully saturated rings. The first kappa shape index (κ1) is 15.8. The molecule has 0 radical (unpaired) electrons. The quantitative estimate of drug-likeness (QED) is 0.841. The molecule has 0 saturated carbocycles. The first-order chi connectivity index (χ1) is 10.1. The Labute approximate surface area is 133 Å². The molecule has 0 spiro atoms. The lowest BCUT2D eigenvalue weighted by molar-refractivity contribution is 0.0941. The van der Waals surface area contributed by atoms with Crippen molar-refractivity contribution in [2.45, 2.75) is 26.3 Å². The summed E-state index contributed by atoms with van der Waals surface area (Å²) in [6.07, 6.45) is 2.65. The molecule has 0 aromatic carbocycles. The monoisotopic (exact) mass is 323 g/mol. The summed E-state index contributed by atoms with van der Waals surface area (Å²) in [4.78, 5) is 17.7. The van der Waals surface area contributed by atoms with Gasteiger partial charge in [0.2, 0.25) is 0 Å². The highest BCUT2D eigenvalue weighted by atomic mass is 35.5. The maximum absolute atomic E-state index is 12.4. The average molecular weight is 324 g/mol. The third-order valence-electron chi connectivity index (χ3n) is 2.96. The Morgan fingerprint density at radius 1 is 1.43 bits per heavy atom. The summed E-state index contributed by atoms with van der Waals surface area (Å²) in [5, 5.41) is 6.15. The molecule has 2 heterocycles. The van der Waals surface area contributed by atoms with E-state index >= 15 is 0 Å². The second-order valence-electron chi connectivity index (χ2n) is 4.66. The van der Waals surface area contributed by atoms with E-state index in [1.165, 1.54) is 11.3 Å². The van der Waals surface area contributed by atoms with Crippen LogP contribution in [0.2, 0.25) is 4.34 Å². The van der Waals surface area contributed by atoms with Crippen LogP contribution in [0.15, 0.2) is 30.5 Å².